The maximum absolute atomic E-state index is 12.7. The van der Waals surface area contributed by atoms with Gasteiger partial charge < -0.3 is 10.4 Å². The molecule has 0 saturated heterocycles. The van der Waals surface area contributed by atoms with Crippen molar-refractivity contribution in [3.63, 3.8) is 0 Å². The number of aromatic carboxylic acids is 1. The van der Waals surface area contributed by atoms with Gasteiger partial charge in [0.1, 0.15) is 11.5 Å². The van der Waals surface area contributed by atoms with Crippen LogP contribution >= 0.6 is 0 Å². The Morgan fingerprint density at radius 2 is 1.90 bits per heavy atom. The number of carbonyl (C=O) groups excluding carboxylic acids is 1. The van der Waals surface area contributed by atoms with E-state index in [0.717, 1.165) is 5.56 Å². The van der Waals surface area contributed by atoms with E-state index in [-0.39, 0.29) is 23.0 Å². The van der Waals surface area contributed by atoms with Crippen molar-refractivity contribution in [3.05, 3.63) is 65.2 Å². The predicted octanol–water partition coefficient (Wildman–Crippen LogP) is 1.89. The van der Waals surface area contributed by atoms with Crippen molar-refractivity contribution in [1.82, 2.24) is 10.3 Å². The number of nitrogens with one attached hydrogen (secondary N) is 1. The number of amides is 1. The van der Waals surface area contributed by atoms with E-state index in [2.05, 4.69) is 10.3 Å². The maximum atomic E-state index is 12.7. The van der Waals surface area contributed by atoms with E-state index in [9.17, 15) is 14.0 Å². The summed E-state index contributed by atoms with van der Waals surface area (Å²) in [4.78, 5) is 26.3. The molecule has 5 nitrogen and oxygen atoms in total. The second-order valence-corrected chi connectivity index (χ2v) is 4.37. The minimum atomic E-state index is -1.18. The molecule has 1 aromatic carbocycles. The minimum Gasteiger partial charge on any atom is -0.477 e. The van der Waals surface area contributed by atoms with Crippen molar-refractivity contribution in [3.8, 4) is 0 Å². The van der Waals surface area contributed by atoms with Crippen LogP contribution in [0.3, 0.4) is 0 Å². The summed E-state index contributed by atoms with van der Waals surface area (Å²) < 4.78 is 12.7. The number of carboxylic acid groups (broad SMARTS) is 1. The monoisotopic (exact) mass is 288 g/mol. The van der Waals surface area contributed by atoms with Gasteiger partial charge in [0.25, 0.3) is 5.91 Å². The zero-order valence-electron chi connectivity index (χ0n) is 11.0. The fourth-order valence-electron chi connectivity index (χ4n) is 1.76. The van der Waals surface area contributed by atoms with Crippen LogP contribution < -0.4 is 5.32 Å². The molecule has 108 valence electrons. The Morgan fingerprint density at radius 1 is 1.19 bits per heavy atom. The van der Waals surface area contributed by atoms with Gasteiger partial charge in [-0.1, -0.05) is 12.1 Å². The van der Waals surface area contributed by atoms with Crippen LogP contribution in [0.1, 0.15) is 26.4 Å². The van der Waals surface area contributed by atoms with Gasteiger partial charge in [-0.05, 0) is 36.2 Å². The van der Waals surface area contributed by atoms with Gasteiger partial charge in [-0.25, -0.2) is 14.2 Å². The van der Waals surface area contributed by atoms with E-state index < -0.39 is 5.97 Å². The maximum Gasteiger partial charge on any atom is 0.354 e. The molecule has 6 heteroatoms. The first kappa shape index (κ1) is 14.6. The average molecular weight is 288 g/mol. The van der Waals surface area contributed by atoms with Gasteiger partial charge in [-0.15, -0.1) is 0 Å². The third-order valence-corrected chi connectivity index (χ3v) is 2.85. The van der Waals surface area contributed by atoms with Crippen molar-refractivity contribution in [2.45, 2.75) is 6.42 Å². The molecule has 2 rings (SSSR count). The van der Waals surface area contributed by atoms with Crippen LogP contribution in [-0.2, 0) is 6.42 Å². The Balaban J connectivity index is 1.91. The molecule has 1 amide bonds. The molecule has 0 saturated carbocycles. The van der Waals surface area contributed by atoms with E-state index in [4.69, 9.17) is 5.11 Å². The molecule has 0 radical (unpaired) electrons. The molecule has 0 aliphatic heterocycles. The molecular weight excluding hydrogens is 275 g/mol. The van der Waals surface area contributed by atoms with Gasteiger partial charge in [-0.2, -0.15) is 0 Å². The summed E-state index contributed by atoms with van der Waals surface area (Å²) in [5.41, 5.74) is 0.959. The Bertz CT molecular complexity index is 656. The summed E-state index contributed by atoms with van der Waals surface area (Å²) in [7, 11) is 0. The molecule has 1 heterocycles. The summed E-state index contributed by atoms with van der Waals surface area (Å²) in [6.07, 6.45) is 1.83. The normalized spacial score (nSPS) is 10.1. The molecule has 21 heavy (non-hydrogen) atoms. The summed E-state index contributed by atoms with van der Waals surface area (Å²) in [6.45, 7) is 0.370. The first-order chi connectivity index (χ1) is 10.1. The smallest absolute Gasteiger partial charge is 0.354 e. The Kier molecular flexibility index (Phi) is 4.61. The van der Waals surface area contributed by atoms with Crippen molar-refractivity contribution < 1.29 is 19.1 Å². The lowest BCUT2D eigenvalue weighted by Crippen LogP contribution is -2.26. The summed E-state index contributed by atoms with van der Waals surface area (Å²) in [5, 5.41) is 11.5. The predicted molar refractivity (Wildman–Crippen MR) is 73.6 cm³/mol. The van der Waals surface area contributed by atoms with Gasteiger partial charge in [0.2, 0.25) is 0 Å². The first-order valence-electron chi connectivity index (χ1n) is 6.28. The largest absolute Gasteiger partial charge is 0.477 e. The van der Waals surface area contributed by atoms with E-state index in [1.807, 2.05) is 0 Å². The van der Waals surface area contributed by atoms with Crippen LogP contribution in [0, 0.1) is 5.82 Å². The molecule has 0 spiro atoms. The number of benzene rings is 1. The van der Waals surface area contributed by atoms with E-state index >= 15 is 0 Å². The molecule has 0 aliphatic rings. The second kappa shape index (κ2) is 6.60. The molecule has 2 N–H and O–H groups in total. The fraction of sp³-hybridized carbons (Fsp3) is 0.133. The summed E-state index contributed by atoms with van der Waals surface area (Å²) in [6, 6.07) is 8.68. The number of hydrogen-bond acceptors (Lipinski definition) is 3. The quantitative estimate of drug-likeness (QED) is 0.880. The van der Waals surface area contributed by atoms with Crippen LogP contribution in [0.5, 0.6) is 0 Å². The molecule has 0 atom stereocenters. The third kappa shape index (κ3) is 4.10. The van der Waals surface area contributed by atoms with E-state index in [1.165, 1.54) is 30.5 Å². The van der Waals surface area contributed by atoms with Crippen molar-refractivity contribution in [1.29, 1.82) is 0 Å². The molecule has 0 aliphatic carbocycles. The number of rotatable bonds is 5. The Labute approximate surface area is 120 Å². The van der Waals surface area contributed by atoms with E-state index in [1.54, 1.807) is 12.1 Å². The molecule has 0 unspecified atom stereocenters. The van der Waals surface area contributed by atoms with Crippen LogP contribution in [-0.4, -0.2) is 28.5 Å². The molecule has 1 aromatic heterocycles. The number of nitrogens with zero attached hydrogens (tertiary/aromatic N) is 1. The zero-order chi connectivity index (χ0) is 15.2. The van der Waals surface area contributed by atoms with Gasteiger partial charge in [0, 0.05) is 18.3 Å². The lowest BCUT2D eigenvalue weighted by molar-refractivity contribution is 0.0690. The number of aromatic nitrogens is 1. The minimum absolute atomic E-state index is 0.179. The first-order valence-corrected chi connectivity index (χ1v) is 6.28. The van der Waals surface area contributed by atoms with Crippen molar-refractivity contribution in [2.24, 2.45) is 0 Å². The second-order valence-electron chi connectivity index (χ2n) is 4.37. The molecule has 2 aromatic rings. The van der Waals surface area contributed by atoms with Crippen LogP contribution in [0.4, 0.5) is 4.39 Å². The van der Waals surface area contributed by atoms with E-state index in [0.29, 0.717) is 13.0 Å². The number of carbonyl (C=O) groups is 2. The molecule has 0 fully saturated rings. The highest BCUT2D eigenvalue weighted by Crippen LogP contribution is 2.04. The summed E-state index contributed by atoms with van der Waals surface area (Å²) >= 11 is 0. The van der Waals surface area contributed by atoms with Crippen LogP contribution in [0.15, 0.2) is 42.6 Å². The van der Waals surface area contributed by atoms with Gasteiger partial charge >= 0.3 is 5.97 Å². The number of halogens is 1. The number of carboxylic acids is 1. The fourth-order valence-corrected chi connectivity index (χ4v) is 1.76. The van der Waals surface area contributed by atoms with Crippen molar-refractivity contribution in [2.75, 3.05) is 6.54 Å². The standard InChI is InChI=1S/C15H13FN2O3/c16-12-3-1-10(2-4-12)5-7-18-14(19)11-6-8-17-13(9-11)15(20)21/h1-4,6,8-9H,5,7H2,(H,18,19)(H,20,21). The Hall–Kier alpha value is -2.76. The van der Waals surface area contributed by atoms with Gasteiger partial charge in [0.15, 0.2) is 0 Å². The lowest BCUT2D eigenvalue weighted by Gasteiger charge is -2.06. The molecule has 0 bridgehead atoms. The highest BCUT2D eigenvalue weighted by Gasteiger charge is 2.10. The van der Waals surface area contributed by atoms with Crippen molar-refractivity contribution >= 4 is 11.9 Å². The van der Waals surface area contributed by atoms with Crippen LogP contribution in [0.25, 0.3) is 0 Å². The Morgan fingerprint density at radius 3 is 2.57 bits per heavy atom. The van der Waals surface area contributed by atoms with Gasteiger partial charge in [-0.3, -0.25) is 4.79 Å². The number of pyridine rings is 1. The highest BCUT2D eigenvalue weighted by atomic mass is 19.1. The lowest BCUT2D eigenvalue weighted by atomic mass is 10.1. The number of hydrogen-bond donors (Lipinski definition) is 2. The molecular formula is C15H13FN2O3. The zero-order valence-corrected chi connectivity index (χ0v) is 11.0. The third-order valence-electron chi connectivity index (χ3n) is 2.85. The topological polar surface area (TPSA) is 79.3 Å². The SMILES string of the molecule is O=C(NCCc1ccc(F)cc1)c1ccnc(C(=O)O)c1. The highest BCUT2D eigenvalue weighted by molar-refractivity contribution is 5.96. The van der Waals surface area contributed by atoms with Crippen LogP contribution in [0.2, 0.25) is 0 Å². The van der Waals surface area contributed by atoms with Gasteiger partial charge in [0.05, 0.1) is 0 Å². The average Bonchev–Trinajstić information content (AvgIpc) is 2.49. The summed E-state index contributed by atoms with van der Waals surface area (Å²) in [5.74, 6) is -1.86.